The number of hydrogen-bond donors (Lipinski definition) is 1. The van der Waals surface area contributed by atoms with E-state index in [-0.39, 0.29) is 10.7 Å². The van der Waals surface area contributed by atoms with Gasteiger partial charge in [0, 0.05) is 5.56 Å². The lowest BCUT2D eigenvalue weighted by molar-refractivity contribution is -0.127. The first-order valence-corrected chi connectivity index (χ1v) is 7.75. The number of esters is 1. The molecule has 0 unspecified atom stereocenters. The Morgan fingerprint density at radius 1 is 1.32 bits per heavy atom. The minimum atomic E-state index is -1.21. The van der Waals surface area contributed by atoms with E-state index in [0.717, 1.165) is 0 Å². The molecule has 1 atom stereocenters. The van der Waals surface area contributed by atoms with Gasteiger partial charge in [-0.3, -0.25) is 4.79 Å². The lowest BCUT2D eigenvalue weighted by Gasteiger charge is -2.15. The summed E-state index contributed by atoms with van der Waals surface area (Å²) in [4.78, 5) is 31.7. The average Bonchev–Trinajstić information content (AvgIpc) is 2.53. The highest BCUT2D eigenvalue weighted by Gasteiger charge is 2.25. The molecule has 1 aromatic heterocycles. The van der Waals surface area contributed by atoms with E-state index >= 15 is 0 Å². The summed E-state index contributed by atoms with van der Waals surface area (Å²) >= 11 is 7.16. The number of nitrogens with two attached hydrogens (primary N) is 1. The zero-order chi connectivity index (χ0) is 16.1. The number of ether oxygens (including phenoxy) is 1. The monoisotopic (exact) mass is 337 g/mol. The summed E-state index contributed by atoms with van der Waals surface area (Å²) in [5.41, 5.74) is 5.67. The van der Waals surface area contributed by atoms with Crippen LogP contribution < -0.4 is 5.73 Å². The molecule has 2 rings (SSSR count). The van der Waals surface area contributed by atoms with Crippen molar-refractivity contribution in [3.63, 3.8) is 0 Å². The molecule has 2 N–H and O–H groups in total. The highest BCUT2D eigenvalue weighted by atomic mass is 35.5. The number of rotatable bonds is 5. The van der Waals surface area contributed by atoms with Gasteiger partial charge in [0.05, 0.1) is 11.2 Å². The normalized spacial score (nSPS) is 11.7. The van der Waals surface area contributed by atoms with Crippen LogP contribution in [0.5, 0.6) is 0 Å². The molecule has 22 heavy (non-hydrogen) atoms. The van der Waals surface area contributed by atoms with Crippen LogP contribution in [0.3, 0.4) is 0 Å². The first-order valence-electron chi connectivity index (χ1n) is 6.14. The molecule has 0 fully saturated rings. The number of benzene rings is 1. The summed E-state index contributed by atoms with van der Waals surface area (Å²) in [6.45, 7) is 0. The fourth-order valence-corrected chi connectivity index (χ4v) is 2.18. The summed E-state index contributed by atoms with van der Waals surface area (Å²) < 4.78 is 5.17. The van der Waals surface area contributed by atoms with E-state index in [0.29, 0.717) is 10.7 Å². The molecule has 2 aromatic rings. The number of amides is 1. The first kappa shape index (κ1) is 16.3. The number of hydrogen-bond acceptors (Lipinski definition) is 6. The van der Waals surface area contributed by atoms with Crippen molar-refractivity contribution in [2.75, 3.05) is 6.26 Å². The van der Waals surface area contributed by atoms with Gasteiger partial charge in [0.15, 0.2) is 10.9 Å². The maximum Gasteiger partial charge on any atom is 0.359 e. The van der Waals surface area contributed by atoms with E-state index in [1.807, 2.05) is 0 Å². The second-order valence-electron chi connectivity index (χ2n) is 4.15. The van der Waals surface area contributed by atoms with Crippen LogP contribution in [-0.4, -0.2) is 28.1 Å². The summed E-state index contributed by atoms with van der Waals surface area (Å²) in [5, 5.41) is 0.408. The van der Waals surface area contributed by atoms with E-state index in [2.05, 4.69) is 9.97 Å². The number of aromatic nitrogens is 2. The SMILES string of the molecule is CSc1ncc(Cl)c(C(=O)O[C@@H](C(N)=O)c2ccccc2)n1. The van der Waals surface area contributed by atoms with Gasteiger partial charge in [0.1, 0.15) is 0 Å². The fourth-order valence-electron chi connectivity index (χ4n) is 1.67. The lowest BCUT2D eigenvalue weighted by Crippen LogP contribution is -2.26. The van der Waals surface area contributed by atoms with Crippen LogP contribution in [0.4, 0.5) is 0 Å². The third-order valence-corrected chi connectivity index (χ3v) is 3.52. The summed E-state index contributed by atoms with van der Waals surface area (Å²) in [6.07, 6.45) is 1.85. The van der Waals surface area contributed by atoms with E-state index in [9.17, 15) is 9.59 Å². The molecule has 114 valence electrons. The van der Waals surface area contributed by atoms with Crippen LogP contribution in [0.25, 0.3) is 0 Å². The number of thioether (sulfide) groups is 1. The molecule has 0 radical (unpaired) electrons. The number of carbonyl (C=O) groups excluding carboxylic acids is 2. The number of primary amides is 1. The van der Waals surface area contributed by atoms with Gasteiger partial charge < -0.3 is 10.5 Å². The van der Waals surface area contributed by atoms with Crippen molar-refractivity contribution in [1.29, 1.82) is 0 Å². The lowest BCUT2D eigenvalue weighted by atomic mass is 10.1. The zero-order valence-corrected chi connectivity index (χ0v) is 13.1. The number of halogens is 1. The fraction of sp³-hybridized carbons (Fsp3) is 0.143. The van der Waals surface area contributed by atoms with Gasteiger partial charge in [-0.1, -0.05) is 53.7 Å². The maximum atomic E-state index is 12.2. The third kappa shape index (κ3) is 3.75. The van der Waals surface area contributed by atoms with Gasteiger partial charge in [-0.25, -0.2) is 14.8 Å². The largest absolute Gasteiger partial charge is 0.443 e. The van der Waals surface area contributed by atoms with Crippen molar-refractivity contribution in [3.8, 4) is 0 Å². The van der Waals surface area contributed by atoms with E-state index in [4.69, 9.17) is 22.1 Å². The Bertz CT molecular complexity index is 697. The minimum absolute atomic E-state index is 0.0408. The first-order chi connectivity index (χ1) is 10.5. The number of nitrogens with zero attached hydrogens (tertiary/aromatic N) is 2. The molecule has 1 aromatic carbocycles. The second kappa shape index (κ2) is 7.24. The molecule has 0 aliphatic rings. The standard InChI is InChI=1S/C14H12ClN3O3S/c1-22-14-17-7-9(15)10(18-14)13(20)21-11(12(16)19)8-5-3-2-4-6-8/h2-7,11H,1H3,(H2,16,19)/t11-/m1/s1. The minimum Gasteiger partial charge on any atom is -0.443 e. The van der Waals surface area contributed by atoms with Gasteiger partial charge in [0.25, 0.3) is 5.91 Å². The Labute approximate surface area is 136 Å². The van der Waals surface area contributed by atoms with Crippen LogP contribution in [0.2, 0.25) is 5.02 Å². The van der Waals surface area contributed by atoms with Crippen molar-refractivity contribution in [1.82, 2.24) is 9.97 Å². The number of carbonyl (C=O) groups is 2. The van der Waals surface area contributed by atoms with Crippen LogP contribution in [0, 0.1) is 0 Å². The van der Waals surface area contributed by atoms with Gasteiger partial charge >= 0.3 is 5.97 Å². The topological polar surface area (TPSA) is 95.2 Å². The van der Waals surface area contributed by atoms with Crippen LogP contribution in [0.1, 0.15) is 22.2 Å². The maximum absolute atomic E-state index is 12.2. The van der Waals surface area contributed by atoms with Gasteiger partial charge in [-0.05, 0) is 6.26 Å². The van der Waals surface area contributed by atoms with Gasteiger partial charge in [-0.15, -0.1) is 0 Å². The molecule has 0 aliphatic carbocycles. The second-order valence-corrected chi connectivity index (χ2v) is 5.33. The Morgan fingerprint density at radius 3 is 2.59 bits per heavy atom. The molecule has 1 amide bonds. The van der Waals surface area contributed by atoms with Crippen molar-refractivity contribution in [2.24, 2.45) is 5.73 Å². The molecule has 1 heterocycles. The Morgan fingerprint density at radius 2 is 2.00 bits per heavy atom. The molecule has 0 spiro atoms. The third-order valence-electron chi connectivity index (χ3n) is 2.68. The van der Waals surface area contributed by atoms with Crippen LogP contribution in [-0.2, 0) is 9.53 Å². The molecule has 0 aliphatic heterocycles. The van der Waals surface area contributed by atoms with Crippen molar-refractivity contribution in [3.05, 3.63) is 52.8 Å². The predicted molar refractivity (Wildman–Crippen MR) is 82.6 cm³/mol. The van der Waals surface area contributed by atoms with Crippen LogP contribution >= 0.6 is 23.4 Å². The molecule has 0 saturated carbocycles. The van der Waals surface area contributed by atoms with Crippen LogP contribution in [0.15, 0.2) is 41.7 Å². The predicted octanol–water partition coefficient (Wildman–Crippen LogP) is 2.24. The molecule has 0 bridgehead atoms. The summed E-state index contributed by atoms with van der Waals surface area (Å²) in [7, 11) is 0. The Balaban J connectivity index is 2.28. The van der Waals surface area contributed by atoms with E-state index in [1.165, 1.54) is 18.0 Å². The summed E-state index contributed by atoms with van der Waals surface area (Å²) in [5.74, 6) is -1.62. The highest BCUT2D eigenvalue weighted by Crippen LogP contribution is 2.22. The Hall–Kier alpha value is -2.12. The van der Waals surface area contributed by atoms with E-state index < -0.39 is 18.0 Å². The Kier molecular flexibility index (Phi) is 5.35. The van der Waals surface area contributed by atoms with E-state index in [1.54, 1.807) is 36.6 Å². The van der Waals surface area contributed by atoms with Gasteiger partial charge in [-0.2, -0.15) is 0 Å². The quantitative estimate of drug-likeness (QED) is 0.510. The van der Waals surface area contributed by atoms with Crippen molar-refractivity contribution < 1.29 is 14.3 Å². The van der Waals surface area contributed by atoms with Crippen molar-refractivity contribution in [2.45, 2.75) is 11.3 Å². The smallest absolute Gasteiger partial charge is 0.359 e. The molecular weight excluding hydrogens is 326 g/mol. The molecule has 6 nitrogen and oxygen atoms in total. The zero-order valence-electron chi connectivity index (χ0n) is 11.5. The molecule has 8 heteroatoms. The highest BCUT2D eigenvalue weighted by molar-refractivity contribution is 7.98. The average molecular weight is 338 g/mol. The van der Waals surface area contributed by atoms with Crippen molar-refractivity contribution >= 4 is 35.2 Å². The van der Waals surface area contributed by atoms with Gasteiger partial charge in [0.2, 0.25) is 6.10 Å². The molecular formula is C14H12ClN3O3S. The summed E-state index contributed by atoms with van der Waals surface area (Å²) in [6, 6.07) is 8.47. The molecule has 0 saturated heterocycles.